The number of methoxy groups -OCH3 is 1. The fraction of sp³-hybridized carbons (Fsp3) is 0.533. The van der Waals surface area contributed by atoms with Crippen LogP contribution in [0.2, 0.25) is 0 Å². The van der Waals surface area contributed by atoms with Crippen LogP contribution < -0.4 is 5.32 Å². The van der Waals surface area contributed by atoms with Gasteiger partial charge in [-0.3, -0.25) is 4.79 Å². The van der Waals surface area contributed by atoms with Crippen molar-refractivity contribution in [1.82, 2.24) is 5.32 Å². The van der Waals surface area contributed by atoms with E-state index >= 15 is 0 Å². The van der Waals surface area contributed by atoms with Crippen molar-refractivity contribution in [2.45, 2.75) is 37.1 Å². The fourth-order valence-corrected chi connectivity index (χ4v) is 2.34. The van der Waals surface area contributed by atoms with Crippen molar-refractivity contribution >= 4 is 5.91 Å². The summed E-state index contributed by atoms with van der Waals surface area (Å²) in [5, 5.41) is 31.9. The van der Waals surface area contributed by atoms with Gasteiger partial charge in [0.2, 0.25) is 5.91 Å². The molecule has 0 bridgehead atoms. The normalized spacial score (nSPS) is 31.7. The summed E-state index contributed by atoms with van der Waals surface area (Å²) in [6.45, 7) is 0.0104. The van der Waals surface area contributed by atoms with E-state index in [4.69, 9.17) is 9.47 Å². The minimum absolute atomic E-state index is 0.0104. The Labute approximate surface area is 128 Å². The Morgan fingerprint density at radius 3 is 2.50 bits per heavy atom. The number of ether oxygens (including phenoxy) is 2. The van der Waals surface area contributed by atoms with Gasteiger partial charge in [0.05, 0.1) is 6.42 Å². The molecule has 0 aliphatic carbocycles. The van der Waals surface area contributed by atoms with E-state index in [9.17, 15) is 20.1 Å². The first-order valence-electron chi connectivity index (χ1n) is 7.06. The predicted octanol–water partition coefficient (Wildman–Crippen LogP) is -1.20. The second-order valence-corrected chi connectivity index (χ2v) is 5.22. The predicted molar refractivity (Wildman–Crippen MR) is 76.8 cm³/mol. The summed E-state index contributed by atoms with van der Waals surface area (Å²) in [4.78, 5) is 11.9. The Kier molecular flexibility index (Phi) is 5.87. The van der Waals surface area contributed by atoms with Crippen LogP contribution in [0.1, 0.15) is 5.56 Å². The van der Waals surface area contributed by atoms with Crippen molar-refractivity contribution in [2.75, 3.05) is 13.7 Å². The molecular formula is C15H21NO6. The van der Waals surface area contributed by atoms with Crippen molar-refractivity contribution in [3.63, 3.8) is 0 Å². The molecule has 1 aliphatic rings. The van der Waals surface area contributed by atoms with Crippen LogP contribution >= 0.6 is 0 Å². The maximum Gasteiger partial charge on any atom is 0.224 e. The monoisotopic (exact) mass is 311 g/mol. The molecule has 1 aromatic rings. The summed E-state index contributed by atoms with van der Waals surface area (Å²) in [6.07, 6.45) is -5.73. The van der Waals surface area contributed by atoms with Crippen LogP contribution in [0.3, 0.4) is 0 Å². The number of benzene rings is 1. The van der Waals surface area contributed by atoms with Gasteiger partial charge < -0.3 is 30.1 Å². The molecule has 1 aliphatic heterocycles. The number of nitrogens with one attached hydrogen (secondary N) is 1. The van der Waals surface area contributed by atoms with Crippen molar-refractivity contribution in [2.24, 2.45) is 0 Å². The van der Waals surface area contributed by atoms with Crippen molar-refractivity contribution in [1.29, 1.82) is 0 Å². The second-order valence-electron chi connectivity index (χ2n) is 5.22. The summed E-state index contributed by atoms with van der Waals surface area (Å²) in [5.41, 5.74) is 0.871. The van der Waals surface area contributed by atoms with Crippen LogP contribution in [-0.4, -0.2) is 65.6 Å². The molecule has 0 saturated carbocycles. The molecule has 7 nitrogen and oxygen atoms in total. The molecule has 1 heterocycles. The van der Waals surface area contributed by atoms with Gasteiger partial charge in [-0.2, -0.15) is 0 Å². The van der Waals surface area contributed by atoms with Crippen LogP contribution in [0, 0.1) is 0 Å². The van der Waals surface area contributed by atoms with Crippen LogP contribution in [0.4, 0.5) is 0 Å². The number of rotatable bonds is 5. The first kappa shape index (κ1) is 16.9. The van der Waals surface area contributed by atoms with E-state index < -0.39 is 30.7 Å². The first-order valence-corrected chi connectivity index (χ1v) is 7.06. The first-order chi connectivity index (χ1) is 10.5. The van der Waals surface area contributed by atoms with Crippen LogP contribution in [0.5, 0.6) is 0 Å². The van der Waals surface area contributed by atoms with E-state index in [1.165, 1.54) is 7.11 Å². The zero-order valence-corrected chi connectivity index (χ0v) is 12.3. The van der Waals surface area contributed by atoms with Crippen LogP contribution in [0.25, 0.3) is 0 Å². The molecule has 22 heavy (non-hydrogen) atoms. The lowest BCUT2D eigenvalue weighted by molar-refractivity contribution is -0.288. The third-order valence-electron chi connectivity index (χ3n) is 3.61. The molecule has 5 atom stereocenters. The highest BCUT2D eigenvalue weighted by Crippen LogP contribution is 2.21. The summed E-state index contributed by atoms with van der Waals surface area (Å²) in [5.74, 6) is -0.225. The van der Waals surface area contributed by atoms with E-state index in [-0.39, 0.29) is 18.9 Å². The smallest absolute Gasteiger partial charge is 0.224 e. The SMILES string of the molecule is CO[C@H]1O[C@H](CNC(=O)Cc2ccccc2)[C@@H](O)[C@H](O)[C@@H]1O. The number of carbonyl (C=O) groups excluding carboxylic acids is 1. The van der Waals surface area contributed by atoms with Gasteiger partial charge in [-0.25, -0.2) is 0 Å². The number of carbonyl (C=O) groups is 1. The maximum absolute atomic E-state index is 11.9. The van der Waals surface area contributed by atoms with E-state index in [2.05, 4.69) is 5.32 Å². The zero-order chi connectivity index (χ0) is 16.1. The average molecular weight is 311 g/mol. The summed E-state index contributed by atoms with van der Waals surface area (Å²) in [6, 6.07) is 9.24. The largest absolute Gasteiger partial charge is 0.388 e. The third-order valence-corrected chi connectivity index (χ3v) is 3.61. The lowest BCUT2D eigenvalue weighted by Crippen LogP contribution is -2.60. The molecule has 0 radical (unpaired) electrons. The minimum Gasteiger partial charge on any atom is -0.388 e. The maximum atomic E-state index is 11.9. The molecule has 0 aromatic heterocycles. The molecule has 4 N–H and O–H groups in total. The van der Waals surface area contributed by atoms with Crippen molar-refractivity contribution in [3.05, 3.63) is 35.9 Å². The molecule has 0 spiro atoms. The van der Waals surface area contributed by atoms with Gasteiger partial charge in [-0.15, -0.1) is 0 Å². The summed E-state index contributed by atoms with van der Waals surface area (Å²) < 4.78 is 10.2. The fourth-order valence-electron chi connectivity index (χ4n) is 2.34. The van der Waals surface area contributed by atoms with Crippen molar-refractivity contribution in [3.8, 4) is 0 Å². The van der Waals surface area contributed by atoms with E-state index in [1.807, 2.05) is 30.3 Å². The van der Waals surface area contributed by atoms with Gasteiger partial charge in [-0.05, 0) is 5.56 Å². The quantitative estimate of drug-likeness (QED) is 0.544. The van der Waals surface area contributed by atoms with Gasteiger partial charge in [0.15, 0.2) is 6.29 Å². The standard InChI is InChI=1S/C15H21NO6/c1-21-15-14(20)13(19)12(18)10(22-15)8-16-11(17)7-9-5-3-2-4-6-9/h2-6,10,12-15,18-20H,7-8H2,1H3,(H,16,17)/t10-,12-,13+,14+,15+/m1/s1. The molecule has 1 saturated heterocycles. The highest BCUT2D eigenvalue weighted by molar-refractivity contribution is 5.78. The number of aliphatic hydroxyl groups excluding tert-OH is 3. The summed E-state index contributed by atoms with van der Waals surface area (Å²) in [7, 11) is 1.32. The van der Waals surface area contributed by atoms with Crippen LogP contribution in [-0.2, 0) is 20.7 Å². The Balaban J connectivity index is 1.86. The lowest BCUT2D eigenvalue weighted by Gasteiger charge is -2.39. The molecule has 1 aromatic carbocycles. The Hall–Kier alpha value is -1.51. The molecule has 7 heteroatoms. The molecule has 0 unspecified atom stereocenters. The number of hydrogen-bond donors (Lipinski definition) is 4. The Morgan fingerprint density at radius 2 is 1.86 bits per heavy atom. The minimum atomic E-state index is -1.39. The molecule has 1 fully saturated rings. The lowest BCUT2D eigenvalue weighted by atomic mass is 9.99. The second kappa shape index (κ2) is 7.66. The van der Waals surface area contributed by atoms with Gasteiger partial charge in [-0.1, -0.05) is 30.3 Å². The topological polar surface area (TPSA) is 108 Å². The molecule has 122 valence electrons. The van der Waals surface area contributed by atoms with Gasteiger partial charge >= 0.3 is 0 Å². The van der Waals surface area contributed by atoms with Crippen molar-refractivity contribution < 1.29 is 29.6 Å². The van der Waals surface area contributed by atoms with Crippen LogP contribution in [0.15, 0.2) is 30.3 Å². The number of aliphatic hydroxyl groups is 3. The highest BCUT2D eigenvalue weighted by atomic mass is 16.7. The highest BCUT2D eigenvalue weighted by Gasteiger charge is 2.43. The third kappa shape index (κ3) is 4.02. The molecule has 1 amide bonds. The molecular weight excluding hydrogens is 290 g/mol. The molecule has 2 rings (SSSR count). The van der Waals surface area contributed by atoms with Gasteiger partial charge in [0.1, 0.15) is 24.4 Å². The summed E-state index contributed by atoms with van der Waals surface area (Å²) >= 11 is 0. The van der Waals surface area contributed by atoms with E-state index in [0.29, 0.717) is 0 Å². The Bertz CT molecular complexity index is 480. The number of hydrogen-bond acceptors (Lipinski definition) is 6. The van der Waals surface area contributed by atoms with E-state index in [0.717, 1.165) is 5.56 Å². The average Bonchev–Trinajstić information content (AvgIpc) is 2.53. The van der Waals surface area contributed by atoms with E-state index in [1.54, 1.807) is 0 Å². The zero-order valence-electron chi connectivity index (χ0n) is 12.3. The van der Waals surface area contributed by atoms with Gasteiger partial charge in [0, 0.05) is 13.7 Å². The Morgan fingerprint density at radius 1 is 1.18 bits per heavy atom. The van der Waals surface area contributed by atoms with Gasteiger partial charge in [0.25, 0.3) is 0 Å². The number of amides is 1.